The van der Waals surface area contributed by atoms with E-state index in [2.05, 4.69) is 41.5 Å². The van der Waals surface area contributed by atoms with Crippen LogP contribution in [-0.2, 0) is 65.4 Å². The molecule has 6 atom stereocenters. The maximum atomic E-state index is 13.1. The molecule has 0 aliphatic rings. The number of phosphoric ester groups is 2. The first-order valence-electron chi connectivity index (χ1n) is 38.5. The minimum Gasteiger partial charge on any atom is -0.462 e. The largest absolute Gasteiger partial charge is 0.472 e. The van der Waals surface area contributed by atoms with Gasteiger partial charge in [-0.3, -0.25) is 37.3 Å². The molecule has 0 fully saturated rings. The molecule has 3 N–H and O–H groups in total. The molecule has 0 aromatic rings. The molecule has 0 saturated heterocycles. The second kappa shape index (κ2) is 66.0. The summed E-state index contributed by atoms with van der Waals surface area (Å²) in [5.41, 5.74) is 0. The fourth-order valence-electron chi connectivity index (χ4n) is 11.3. The van der Waals surface area contributed by atoms with E-state index < -0.39 is 97.5 Å². The lowest BCUT2D eigenvalue weighted by atomic mass is 9.99. The summed E-state index contributed by atoms with van der Waals surface area (Å²) in [5, 5.41) is 10.6. The minimum absolute atomic E-state index is 0.106. The van der Waals surface area contributed by atoms with Crippen molar-refractivity contribution in [3.8, 4) is 0 Å². The van der Waals surface area contributed by atoms with Crippen molar-refractivity contribution in [2.24, 2.45) is 11.8 Å². The van der Waals surface area contributed by atoms with Crippen molar-refractivity contribution < 1.29 is 80.2 Å². The lowest BCUT2D eigenvalue weighted by molar-refractivity contribution is -0.161. The smallest absolute Gasteiger partial charge is 0.462 e. The summed E-state index contributed by atoms with van der Waals surface area (Å²) in [4.78, 5) is 72.4. The highest BCUT2D eigenvalue weighted by molar-refractivity contribution is 7.47. The number of aliphatic hydroxyl groups excluding tert-OH is 1. The zero-order valence-corrected chi connectivity index (χ0v) is 62.3. The predicted octanol–water partition coefficient (Wildman–Crippen LogP) is 21.6. The van der Waals surface area contributed by atoms with Crippen LogP contribution in [0.4, 0.5) is 0 Å². The van der Waals surface area contributed by atoms with Gasteiger partial charge in [-0.15, -0.1) is 0 Å². The summed E-state index contributed by atoms with van der Waals surface area (Å²) >= 11 is 0. The van der Waals surface area contributed by atoms with Gasteiger partial charge in [-0.25, -0.2) is 9.13 Å². The number of ether oxygens (including phenoxy) is 4. The Morgan fingerprint density at radius 1 is 0.312 bits per heavy atom. The van der Waals surface area contributed by atoms with Crippen LogP contribution in [0, 0.1) is 11.8 Å². The molecule has 0 aliphatic carbocycles. The summed E-state index contributed by atoms with van der Waals surface area (Å²) in [6.07, 6.45) is 53.1. The number of unbranched alkanes of at least 4 members (excludes halogenated alkanes) is 42. The Balaban J connectivity index is 5.14. The van der Waals surface area contributed by atoms with Gasteiger partial charge in [-0.2, -0.15) is 0 Å². The number of carbonyl (C=O) groups excluding carboxylic acids is 4. The van der Waals surface area contributed by atoms with Gasteiger partial charge in [0.25, 0.3) is 0 Å². The van der Waals surface area contributed by atoms with Crippen molar-refractivity contribution in [2.75, 3.05) is 39.6 Å². The Morgan fingerprint density at radius 3 is 0.817 bits per heavy atom. The third-order valence-electron chi connectivity index (χ3n) is 17.6. The second-order valence-corrected chi connectivity index (χ2v) is 30.3. The minimum atomic E-state index is -4.95. The van der Waals surface area contributed by atoms with Gasteiger partial charge in [0.1, 0.15) is 19.3 Å². The summed E-state index contributed by atoms with van der Waals surface area (Å²) in [6, 6.07) is 0. The highest BCUT2D eigenvalue weighted by Crippen LogP contribution is 2.45. The molecule has 0 aromatic heterocycles. The van der Waals surface area contributed by atoms with Crippen LogP contribution in [-0.4, -0.2) is 96.7 Å². The quantitative estimate of drug-likeness (QED) is 0.0222. The highest BCUT2D eigenvalue weighted by Gasteiger charge is 2.30. The number of esters is 4. The maximum Gasteiger partial charge on any atom is 0.472 e. The van der Waals surface area contributed by atoms with Gasteiger partial charge in [-0.05, 0) is 37.5 Å². The Hall–Kier alpha value is -1.94. The third-order valence-corrected chi connectivity index (χ3v) is 19.5. The van der Waals surface area contributed by atoms with E-state index >= 15 is 0 Å². The molecule has 0 heterocycles. The van der Waals surface area contributed by atoms with E-state index in [4.69, 9.17) is 37.0 Å². The van der Waals surface area contributed by atoms with Gasteiger partial charge in [0.2, 0.25) is 0 Å². The van der Waals surface area contributed by atoms with Crippen LogP contribution >= 0.6 is 15.6 Å². The van der Waals surface area contributed by atoms with Gasteiger partial charge in [0, 0.05) is 25.7 Å². The predicted molar refractivity (Wildman–Crippen MR) is 377 cm³/mol. The molecule has 0 rings (SSSR count). The molecule has 0 saturated carbocycles. The van der Waals surface area contributed by atoms with Crippen LogP contribution in [0.5, 0.6) is 0 Å². The zero-order valence-electron chi connectivity index (χ0n) is 60.6. The Labute approximate surface area is 568 Å². The first-order chi connectivity index (χ1) is 44.9. The number of aliphatic hydroxyl groups is 1. The van der Waals surface area contributed by atoms with Gasteiger partial charge >= 0.3 is 39.5 Å². The number of hydrogen-bond donors (Lipinski definition) is 3. The normalized spacial score (nSPS) is 14.3. The van der Waals surface area contributed by atoms with Crippen molar-refractivity contribution in [2.45, 2.75) is 400 Å². The molecule has 552 valence electrons. The number of phosphoric acid groups is 2. The molecule has 0 spiro atoms. The fraction of sp³-hybridized carbons (Fsp3) is 0.946. The summed E-state index contributed by atoms with van der Waals surface area (Å²) in [7, 11) is -9.90. The van der Waals surface area contributed by atoms with Gasteiger partial charge in [0.05, 0.1) is 26.4 Å². The Bertz CT molecular complexity index is 1810. The van der Waals surface area contributed by atoms with Crippen LogP contribution in [0.25, 0.3) is 0 Å². The van der Waals surface area contributed by atoms with Crippen LogP contribution in [0.1, 0.15) is 382 Å². The number of rotatable bonds is 73. The average molecular weight is 1370 g/mol. The van der Waals surface area contributed by atoms with Gasteiger partial charge < -0.3 is 33.8 Å². The second-order valence-electron chi connectivity index (χ2n) is 27.4. The fourth-order valence-corrected chi connectivity index (χ4v) is 12.8. The van der Waals surface area contributed by atoms with E-state index in [1.807, 2.05) is 0 Å². The van der Waals surface area contributed by atoms with Crippen LogP contribution in [0.15, 0.2) is 0 Å². The molecule has 3 unspecified atom stereocenters. The summed E-state index contributed by atoms with van der Waals surface area (Å²) in [6.45, 7) is 9.57. The van der Waals surface area contributed by atoms with Crippen molar-refractivity contribution in [3.63, 3.8) is 0 Å². The van der Waals surface area contributed by atoms with E-state index in [1.165, 1.54) is 193 Å². The van der Waals surface area contributed by atoms with E-state index in [0.717, 1.165) is 108 Å². The lowest BCUT2D eigenvalue weighted by Crippen LogP contribution is -2.30. The van der Waals surface area contributed by atoms with E-state index in [-0.39, 0.29) is 25.7 Å². The molecule has 0 bridgehead atoms. The molecular formula is C74H144O17P2. The Kier molecular flexibility index (Phi) is 64.6. The topological polar surface area (TPSA) is 237 Å². The van der Waals surface area contributed by atoms with Crippen LogP contribution in [0.3, 0.4) is 0 Å². The summed E-state index contributed by atoms with van der Waals surface area (Å²) < 4.78 is 68.2. The first-order valence-corrected chi connectivity index (χ1v) is 41.5. The van der Waals surface area contributed by atoms with Crippen LogP contribution in [0.2, 0.25) is 0 Å². The molecule has 0 amide bonds. The molecular weight excluding hydrogens is 1220 g/mol. The summed E-state index contributed by atoms with van der Waals surface area (Å²) in [5.74, 6) is -0.470. The van der Waals surface area contributed by atoms with Crippen molar-refractivity contribution >= 4 is 39.5 Å². The number of hydrogen-bond acceptors (Lipinski definition) is 15. The van der Waals surface area contributed by atoms with E-state index in [9.17, 15) is 43.2 Å². The highest BCUT2D eigenvalue weighted by atomic mass is 31.2. The van der Waals surface area contributed by atoms with Crippen LogP contribution < -0.4 is 0 Å². The van der Waals surface area contributed by atoms with Gasteiger partial charge in [0.15, 0.2) is 12.2 Å². The van der Waals surface area contributed by atoms with E-state index in [1.54, 1.807) is 0 Å². The molecule has 0 aliphatic heterocycles. The Morgan fingerprint density at radius 2 is 0.548 bits per heavy atom. The molecule has 17 nitrogen and oxygen atoms in total. The van der Waals surface area contributed by atoms with E-state index in [0.29, 0.717) is 25.7 Å². The third kappa shape index (κ3) is 67.0. The van der Waals surface area contributed by atoms with Crippen molar-refractivity contribution in [3.05, 3.63) is 0 Å². The SMILES string of the molecule is CCCCCCCCCCCCCC(=O)O[C@H](COC(=O)CCCCCCC)COP(=O)(O)OC[C@H](O)COP(=O)(O)OC[C@@H](COC(=O)CCCCCCCCCCCCCCCCC(C)CC)OC(=O)CCCCCCCCCCCCCCCCCCC(C)C. The molecule has 0 radical (unpaired) electrons. The molecule has 19 heteroatoms. The van der Waals surface area contributed by atoms with Crippen molar-refractivity contribution in [1.82, 2.24) is 0 Å². The monoisotopic (exact) mass is 1370 g/mol. The zero-order chi connectivity index (χ0) is 68.6. The molecule has 0 aromatic carbocycles. The average Bonchev–Trinajstić information content (AvgIpc) is 2.31. The van der Waals surface area contributed by atoms with Gasteiger partial charge in [-0.1, -0.05) is 330 Å². The standard InChI is InChI=1S/C74H144O17P2/c1-7-10-12-14-15-16-27-35-40-46-52-58-73(78)90-69(62-84-71(76)56-50-42-13-11-8-2)64-88-92(80,81)86-60-68(75)61-87-93(82,83)89-65-70(63-85-72(77)57-51-45-39-34-30-25-22-21-24-29-33-38-44-49-55-67(6)9-3)91-74(79)59-53-47-41-36-31-26-20-18-17-19-23-28-32-37-43-48-54-66(4)5/h66-70,75H,7-65H2,1-6H3,(H,80,81)(H,82,83)/t67?,68-,69+,70+/m0/s1. The van der Waals surface area contributed by atoms with Crippen molar-refractivity contribution in [1.29, 1.82) is 0 Å². The molecule has 93 heavy (non-hydrogen) atoms. The number of carbonyl (C=O) groups is 4. The maximum absolute atomic E-state index is 13.1. The first kappa shape index (κ1) is 91.1. The lowest BCUT2D eigenvalue weighted by Gasteiger charge is -2.21.